The Morgan fingerprint density at radius 2 is 2.27 bits per heavy atom. The summed E-state index contributed by atoms with van der Waals surface area (Å²) in [5.74, 6) is 0.485. The number of rotatable bonds is 2. The number of hydrogen-bond donors (Lipinski definition) is 1. The number of urea groups is 1. The van der Waals surface area contributed by atoms with E-state index >= 15 is 0 Å². The number of nitrogens with zero attached hydrogens (tertiary/aromatic N) is 1. The van der Waals surface area contributed by atoms with Crippen molar-refractivity contribution in [2.24, 2.45) is 5.92 Å². The summed E-state index contributed by atoms with van der Waals surface area (Å²) in [5, 5.41) is 4.00. The van der Waals surface area contributed by atoms with Crippen LogP contribution in [0.25, 0.3) is 11.0 Å². The van der Waals surface area contributed by atoms with E-state index in [1.165, 1.54) is 0 Å². The van der Waals surface area contributed by atoms with Crippen LogP contribution < -0.4 is 5.32 Å². The molecule has 1 aliphatic rings. The molecule has 5 heteroatoms. The number of amides is 2. The summed E-state index contributed by atoms with van der Waals surface area (Å²) in [6.45, 7) is 5.56. The molecule has 0 saturated carbocycles. The highest BCUT2D eigenvalue weighted by atomic mass is 16.5. The van der Waals surface area contributed by atoms with Gasteiger partial charge in [-0.15, -0.1) is 0 Å². The molecule has 0 aliphatic carbocycles. The highest BCUT2D eigenvalue weighted by molar-refractivity contribution is 5.93. The standard InChI is InChI=1S/C17H22N2O3/c1-11-6-7-19(9-16(11)21-3)17(20)18-13-4-5-15-14(8-13)12(2)10-22-15/h4-5,8,10-11,16H,6-7,9H2,1-3H3,(H,18,20). The fourth-order valence-electron chi connectivity index (χ4n) is 2.96. The first kappa shape index (κ1) is 14.9. The number of nitrogens with one attached hydrogen (secondary N) is 1. The predicted octanol–water partition coefficient (Wildman–Crippen LogP) is 3.63. The van der Waals surface area contributed by atoms with Crippen molar-refractivity contribution < 1.29 is 13.9 Å². The molecular weight excluding hydrogens is 280 g/mol. The zero-order valence-corrected chi connectivity index (χ0v) is 13.3. The molecular formula is C17H22N2O3. The molecule has 2 amide bonds. The second-order valence-electron chi connectivity index (χ2n) is 6.05. The fourth-order valence-corrected chi connectivity index (χ4v) is 2.96. The minimum absolute atomic E-state index is 0.0746. The fraction of sp³-hybridized carbons (Fsp3) is 0.471. The van der Waals surface area contributed by atoms with Crippen LogP contribution in [0.1, 0.15) is 18.9 Å². The zero-order chi connectivity index (χ0) is 15.7. The lowest BCUT2D eigenvalue weighted by Gasteiger charge is -2.36. The molecule has 2 unspecified atom stereocenters. The Balaban J connectivity index is 1.71. The van der Waals surface area contributed by atoms with Crippen LogP contribution in [0.3, 0.4) is 0 Å². The SMILES string of the molecule is COC1CN(C(=O)Nc2ccc3occ(C)c3c2)CCC1C. The number of furan rings is 1. The van der Waals surface area contributed by atoms with E-state index in [-0.39, 0.29) is 12.1 Å². The van der Waals surface area contributed by atoms with Gasteiger partial charge in [0.05, 0.1) is 12.4 Å². The Hall–Kier alpha value is -2.01. The smallest absolute Gasteiger partial charge is 0.321 e. The Morgan fingerprint density at radius 3 is 3.05 bits per heavy atom. The van der Waals surface area contributed by atoms with Crippen LogP contribution in [0, 0.1) is 12.8 Å². The van der Waals surface area contributed by atoms with Gasteiger partial charge in [0.2, 0.25) is 0 Å². The Kier molecular flexibility index (Phi) is 4.07. The summed E-state index contributed by atoms with van der Waals surface area (Å²) in [5.41, 5.74) is 2.69. The van der Waals surface area contributed by atoms with E-state index in [0.29, 0.717) is 12.5 Å². The lowest BCUT2D eigenvalue weighted by molar-refractivity contribution is 0.00896. The number of methoxy groups -OCH3 is 1. The van der Waals surface area contributed by atoms with Crippen LogP contribution in [0.2, 0.25) is 0 Å². The van der Waals surface area contributed by atoms with Crippen LogP contribution in [0.15, 0.2) is 28.9 Å². The lowest BCUT2D eigenvalue weighted by atomic mass is 9.96. The number of fused-ring (bicyclic) bond motifs is 1. The number of aryl methyl sites for hydroxylation is 1. The topological polar surface area (TPSA) is 54.7 Å². The normalized spacial score (nSPS) is 22.0. The van der Waals surface area contributed by atoms with E-state index < -0.39 is 0 Å². The van der Waals surface area contributed by atoms with E-state index in [2.05, 4.69) is 12.2 Å². The molecule has 0 spiro atoms. The third-order valence-corrected chi connectivity index (χ3v) is 4.50. The summed E-state index contributed by atoms with van der Waals surface area (Å²) < 4.78 is 10.9. The number of carbonyl (C=O) groups excluding carboxylic acids is 1. The van der Waals surface area contributed by atoms with Crippen molar-refractivity contribution in [1.82, 2.24) is 4.90 Å². The lowest BCUT2D eigenvalue weighted by Crippen LogP contribution is -2.48. The van der Waals surface area contributed by atoms with Crippen molar-refractivity contribution in [3.8, 4) is 0 Å². The second-order valence-corrected chi connectivity index (χ2v) is 6.05. The molecule has 2 atom stereocenters. The summed E-state index contributed by atoms with van der Waals surface area (Å²) in [6, 6.07) is 5.62. The molecule has 2 heterocycles. The first-order valence-electron chi connectivity index (χ1n) is 7.65. The van der Waals surface area contributed by atoms with Gasteiger partial charge in [-0.2, -0.15) is 0 Å². The minimum atomic E-state index is -0.0746. The van der Waals surface area contributed by atoms with E-state index in [9.17, 15) is 4.79 Å². The average Bonchev–Trinajstić information content (AvgIpc) is 2.89. The highest BCUT2D eigenvalue weighted by Crippen LogP contribution is 2.25. The number of benzene rings is 1. The summed E-state index contributed by atoms with van der Waals surface area (Å²) in [4.78, 5) is 14.3. The third kappa shape index (κ3) is 2.81. The number of ether oxygens (including phenoxy) is 1. The Bertz CT molecular complexity index is 680. The zero-order valence-electron chi connectivity index (χ0n) is 13.3. The van der Waals surface area contributed by atoms with Crippen LogP contribution in [-0.4, -0.2) is 37.2 Å². The van der Waals surface area contributed by atoms with Crippen molar-refractivity contribution >= 4 is 22.7 Å². The summed E-state index contributed by atoms with van der Waals surface area (Å²) in [6.07, 6.45) is 2.80. The van der Waals surface area contributed by atoms with Gasteiger partial charge in [-0.05, 0) is 43.0 Å². The number of piperidine rings is 1. The molecule has 1 aromatic carbocycles. The first-order chi connectivity index (χ1) is 10.6. The van der Waals surface area contributed by atoms with Gasteiger partial charge in [-0.3, -0.25) is 0 Å². The molecule has 1 aromatic heterocycles. The molecule has 0 bridgehead atoms. The van der Waals surface area contributed by atoms with E-state index in [4.69, 9.17) is 9.15 Å². The quantitative estimate of drug-likeness (QED) is 0.921. The average molecular weight is 302 g/mol. The van der Waals surface area contributed by atoms with Crippen molar-refractivity contribution in [2.75, 3.05) is 25.5 Å². The van der Waals surface area contributed by atoms with E-state index in [0.717, 1.165) is 35.2 Å². The third-order valence-electron chi connectivity index (χ3n) is 4.50. The maximum Gasteiger partial charge on any atom is 0.321 e. The van der Waals surface area contributed by atoms with Gasteiger partial charge in [0, 0.05) is 31.3 Å². The number of likely N-dealkylation sites (tertiary alicyclic amines) is 1. The Morgan fingerprint density at radius 1 is 1.45 bits per heavy atom. The van der Waals surface area contributed by atoms with Gasteiger partial charge in [-0.1, -0.05) is 6.92 Å². The molecule has 2 aromatic rings. The van der Waals surface area contributed by atoms with Crippen molar-refractivity contribution in [3.63, 3.8) is 0 Å². The van der Waals surface area contributed by atoms with Gasteiger partial charge >= 0.3 is 6.03 Å². The van der Waals surface area contributed by atoms with Crippen LogP contribution in [0.5, 0.6) is 0 Å². The molecule has 118 valence electrons. The van der Waals surface area contributed by atoms with E-state index in [1.807, 2.05) is 30.0 Å². The molecule has 3 rings (SSSR count). The van der Waals surface area contributed by atoms with Crippen LogP contribution in [-0.2, 0) is 4.74 Å². The van der Waals surface area contributed by atoms with Gasteiger partial charge < -0.3 is 19.4 Å². The molecule has 1 fully saturated rings. The largest absolute Gasteiger partial charge is 0.464 e. The molecule has 22 heavy (non-hydrogen) atoms. The molecule has 1 aliphatic heterocycles. The van der Waals surface area contributed by atoms with Crippen LogP contribution in [0.4, 0.5) is 10.5 Å². The van der Waals surface area contributed by atoms with Gasteiger partial charge in [0.15, 0.2) is 0 Å². The maximum absolute atomic E-state index is 12.4. The number of carbonyl (C=O) groups is 1. The van der Waals surface area contributed by atoms with E-state index in [1.54, 1.807) is 13.4 Å². The summed E-state index contributed by atoms with van der Waals surface area (Å²) in [7, 11) is 1.71. The minimum Gasteiger partial charge on any atom is -0.464 e. The van der Waals surface area contributed by atoms with Crippen molar-refractivity contribution in [3.05, 3.63) is 30.0 Å². The maximum atomic E-state index is 12.4. The predicted molar refractivity (Wildman–Crippen MR) is 86.1 cm³/mol. The second kappa shape index (κ2) is 6.01. The van der Waals surface area contributed by atoms with Crippen molar-refractivity contribution in [1.29, 1.82) is 0 Å². The molecule has 5 nitrogen and oxygen atoms in total. The monoisotopic (exact) mass is 302 g/mol. The summed E-state index contributed by atoms with van der Waals surface area (Å²) >= 11 is 0. The number of hydrogen-bond acceptors (Lipinski definition) is 3. The molecule has 1 saturated heterocycles. The van der Waals surface area contributed by atoms with Crippen LogP contribution >= 0.6 is 0 Å². The Labute approximate surface area is 130 Å². The van der Waals surface area contributed by atoms with Gasteiger partial charge in [0.25, 0.3) is 0 Å². The van der Waals surface area contributed by atoms with Gasteiger partial charge in [-0.25, -0.2) is 4.79 Å². The first-order valence-corrected chi connectivity index (χ1v) is 7.65. The van der Waals surface area contributed by atoms with Gasteiger partial charge in [0.1, 0.15) is 5.58 Å². The molecule has 1 N–H and O–H groups in total. The molecule has 0 radical (unpaired) electrons. The number of anilines is 1. The van der Waals surface area contributed by atoms with Crippen molar-refractivity contribution in [2.45, 2.75) is 26.4 Å². The highest BCUT2D eigenvalue weighted by Gasteiger charge is 2.28.